The zero-order chi connectivity index (χ0) is 19.9. The maximum Gasteiger partial charge on any atom is 0.286 e. The van der Waals surface area contributed by atoms with E-state index in [9.17, 15) is 17.6 Å². The molecule has 0 saturated heterocycles. The fourth-order valence-corrected chi connectivity index (χ4v) is 3.30. The van der Waals surface area contributed by atoms with Gasteiger partial charge in [-0.3, -0.25) is 4.79 Å². The third kappa shape index (κ3) is 6.69. The number of hydrogen-bond acceptors (Lipinski definition) is 5. The Bertz CT molecular complexity index is 849. The summed E-state index contributed by atoms with van der Waals surface area (Å²) >= 11 is 0. The number of sulfonamides is 1. The first-order valence-corrected chi connectivity index (χ1v) is 10.3. The number of carbonyl (C=O) groups excluding carboxylic acids is 1. The number of halogens is 1. The molecule has 0 radical (unpaired) electrons. The van der Waals surface area contributed by atoms with E-state index in [0.717, 1.165) is 6.26 Å². The molecule has 27 heavy (non-hydrogen) atoms. The fraction of sp³-hybridized carbons (Fsp3) is 0.389. The molecule has 0 bridgehead atoms. The SMILES string of the molecule is CCN(CCCNC(=O)c1ccc(COc2ccc(F)cc2)o1)S(C)(=O)=O. The lowest BCUT2D eigenvalue weighted by atomic mass is 10.3. The summed E-state index contributed by atoms with van der Waals surface area (Å²) in [5, 5.41) is 2.69. The van der Waals surface area contributed by atoms with Crippen LogP contribution in [0, 0.1) is 5.82 Å². The highest BCUT2D eigenvalue weighted by Gasteiger charge is 2.15. The molecule has 2 aromatic rings. The van der Waals surface area contributed by atoms with Gasteiger partial charge in [0.2, 0.25) is 10.0 Å². The molecule has 0 aliphatic heterocycles. The number of furan rings is 1. The van der Waals surface area contributed by atoms with Crippen LogP contribution in [0.3, 0.4) is 0 Å². The van der Waals surface area contributed by atoms with E-state index in [-0.39, 0.29) is 24.1 Å². The number of benzene rings is 1. The largest absolute Gasteiger partial charge is 0.486 e. The summed E-state index contributed by atoms with van der Waals surface area (Å²) in [6.07, 6.45) is 1.65. The van der Waals surface area contributed by atoms with Gasteiger partial charge in [-0.2, -0.15) is 0 Å². The molecule has 0 aliphatic rings. The molecule has 1 N–H and O–H groups in total. The van der Waals surface area contributed by atoms with Crippen LogP contribution in [-0.2, 0) is 16.6 Å². The summed E-state index contributed by atoms with van der Waals surface area (Å²) < 4.78 is 48.0. The van der Waals surface area contributed by atoms with E-state index in [1.807, 2.05) is 0 Å². The minimum Gasteiger partial charge on any atom is -0.486 e. The van der Waals surface area contributed by atoms with Crippen LogP contribution in [-0.4, -0.2) is 44.5 Å². The molecule has 1 heterocycles. The Kier molecular flexibility index (Phi) is 7.37. The Morgan fingerprint density at radius 1 is 1.22 bits per heavy atom. The molecule has 0 aliphatic carbocycles. The Morgan fingerprint density at radius 2 is 1.93 bits per heavy atom. The number of ether oxygens (including phenoxy) is 1. The topological polar surface area (TPSA) is 88.8 Å². The molecule has 9 heteroatoms. The van der Waals surface area contributed by atoms with Crippen molar-refractivity contribution in [2.45, 2.75) is 20.0 Å². The van der Waals surface area contributed by atoms with Crippen LogP contribution in [0.2, 0.25) is 0 Å². The zero-order valence-electron chi connectivity index (χ0n) is 15.3. The van der Waals surface area contributed by atoms with Crippen LogP contribution in [0.25, 0.3) is 0 Å². The van der Waals surface area contributed by atoms with Gasteiger partial charge in [-0.1, -0.05) is 6.92 Å². The van der Waals surface area contributed by atoms with Gasteiger partial charge >= 0.3 is 0 Å². The van der Waals surface area contributed by atoms with Gasteiger partial charge in [0.1, 0.15) is 23.9 Å². The standard InChI is InChI=1S/C18H23FN2O5S/c1-3-21(27(2,23)24)12-4-11-20-18(22)17-10-9-16(26-17)13-25-15-7-5-14(19)6-8-15/h5-10H,3-4,11-13H2,1-2H3,(H,20,22). The number of carbonyl (C=O) groups is 1. The molecule has 0 fully saturated rings. The second kappa shape index (κ2) is 9.52. The third-order valence-electron chi connectivity index (χ3n) is 3.77. The van der Waals surface area contributed by atoms with Crippen molar-refractivity contribution in [1.29, 1.82) is 0 Å². The normalized spacial score (nSPS) is 11.6. The third-order valence-corrected chi connectivity index (χ3v) is 5.15. The van der Waals surface area contributed by atoms with Crippen molar-refractivity contribution in [2.75, 3.05) is 25.9 Å². The Balaban J connectivity index is 1.76. The highest BCUT2D eigenvalue weighted by Crippen LogP contribution is 2.15. The Hall–Kier alpha value is -2.39. The minimum absolute atomic E-state index is 0.110. The zero-order valence-corrected chi connectivity index (χ0v) is 16.1. The number of nitrogens with zero attached hydrogens (tertiary/aromatic N) is 1. The molecule has 2 rings (SSSR count). The van der Waals surface area contributed by atoms with E-state index in [4.69, 9.17) is 9.15 Å². The maximum atomic E-state index is 12.8. The number of rotatable bonds is 10. The molecule has 0 atom stereocenters. The Labute approximate surface area is 158 Å². The summed E-state index contributed by atoms with van der Waals surface area (Å²) in [4.78, 5) is 12.1. The fourth-order valence-electron chi connectivity index (χ4n) is 2.37. The molecular formula is C18H23FN2O5S. The first-order chi connectivity index (χ1) is 12.8. The average Bonchev–Trinajstić information content (AvgIpc) is 3.09. The summed E-state index contributed by atoms with van der Waals surface area (Å²) in [7, 11) is -3.23. The van der Waals surface area contributed by atoms with Crippen molar-refractivity contribution in [3.63, 3.8) is 0 Å². The summed E-state index contributed by atoms with van der Waals surface area (Å²) in [6.45, 7) is 2.93. The van der Waals surface area contributed by atoms with Gasteiger partial charge in [-0.05, 0) is 42.8 Å². The number of amides is 1. The minimum atomic E-state index is -3.23. The van der Waals surface area contributed by atoms with Gasteiger partial charge in [-0.25, -0.2) is 17.1 Å². The first kappa shape index (κ1) is 20.9. The lowest BCUT2D eigenvalue weighted by Gasteiger charge is -2.17. The smallest absolute Gasteiger partial charge is 0.286 e. The summed E-state index contributed by atoms with van der Waals surface area (Å²) in [6, 6.07) is 8.75. The lowest BCUT2D eigenvalue weighted by Crippen LogP contribution is -2.33. The van der Waals surface area contributed by atoms with Crippen LogP contribution >= 0.6 is 0 Å². The molecule has 0 saturated carbocycles. The second-order valence-electron chi connectivity index (χ2n) is 5.87. The second-order valence-corrected chi connectivity index (χ2v) is 7.86. The van der Waals surface area contributed by atoms with Gasteiger partial charge in [0, 0.05) is 19.6 Å². The predicted octanol–water partition coefficient (Wildman–Crippen LogP) is 2.40. The van der Waals surface area contributed by atoms with Crippen molar-refractivity contribution in [3.8, 4) is 5.75 Å². The monoisotopic (exact) mass is 398 g/mol. The molecule has 7 nitrogen and oxygen atoms in total. The summed E-state index contributed by atoms with van der Waals surface area (Å²) in [5.74, 6) is 0.357. The van der Waals surface area contributed by atoms with Gasteiger partial charge in [0.25, 0.3) is 5.91 Å². The van der Waals surface area contributed by atoms with Crippen molar-refractivity contribution in [2.24, 2.45) is 0 Å². The highest BCUT2D eigenvalue weighted by molar-refractivity contribution is 7.88. The first-order valence-electron chi connectivity index (χ1n) is 8.50. The van der Waals surface area contributed by atoms with Crippen LogP contribution in [0.15, 0.2) is 40.8 Å². The van der Waals surface area contributed by atoms with Crippen molar-refractivity contribution in [3.05, 3.63) is 53.7 Å². The number of hydrogen-bond donors (Lipinski definition) is 1. The van der Waals surface area contributed by atoms with Gasteiger partial charge in [0.15, 0.2) is 5.76 Å². The van der Waals surface area contributed by atoms with Crippen LogP contribution in [0.4, 0.5) is 4.39 Å². The van der Waals surface area contributed by atoms with Crippen LogP contribution in [0.1, 0.15) is 29.7 Å². The van der Waals surface area contributed by atoms with Gasteiger partial charge in [0.05, 0.1) is 6.26 Å². The molecule has 1 aromatic heterocycles. The van der Waals surface area contributed by atoms with Crippen LogP contribution < -0.4 is 10.1 Å². The van der Waals surface area contributed by atoms with E-state index in [1.54, 1.807) is 13.0 Å². The quantitative estimate of drug-likeness (QED) is 0.621. The van der Waals surface area contributed by atoms with E-state index in [2.05, 4.69) is 5.32 Å². The maximum absolute atomic E-state index is 12.8. The predicted molar refractivity (Wildman–Crippen MR) is 98.5 cm³/mol. The van der Waals surface area contributed by atoms with E-state index in [0.29, 0.717) is 37.6 Å². The highest BCUT2D eigenvalue weighted by atomic mass is 32.2. The molecule has 1 aromatic carbocycles. The summed E-state index contributed by atoms with van der Waals surface area (Å²) in [5.41, 5.74) is 0. The molecule has 148 valence electrons. The van der Waals surface area contributed by atoms with Crippen LogP contribution in [0.5, 0.6) is 5.75 Å². The molecule has 0 unspecified atom stereocenters. The van der Waals surface area contributed by atoms with E-state index >= 15 is 0 Å². The molecular weight excluding hydrogens is 375 g/mol. The van der Waals surface area contributed by atoms with Crippen molar-refractivity contribution in [1.82, 2.24) is 9.62 Å². The van der Waals surface area contributed by atoms with E-state index in [1.165, 1.54) is 34.6 Å². The number of nitrogens with one attached hydrogen (secondary N) is 1. The average molecular weight is 398 g/mol. The van der Waals surface area contributed by atoms with Gasteiger partial charge < -0.3 is 14.5 Å². The van der Waals surface area contributed by atoms with Gasteiger partial charge in [-0.15, -0.1) is 0 Å². The lowest BCUT2D eigenvalue weighted by molar-refractivity contribution is 0.0921. The molecule has 0 spiro atoms. The van der Waals surface area contributed by atoms with Crippen molar-refractivity contribution < 1.29 is 26.8 Å². The van der Waals surface area contributed by atoms with E-state index < -0.39 is 10.0 Å². The molecule has 1 amide bonds. The van der Waals surface area contributed by atoms with Crippen molar-refractivity contribution >= 4 is 15.9 Å². The Morgan fingerprint density at radius 3 is 2.56 bits per heavy atom.